The summed E-state index contributed by atoms with van der Waals surface area (Å²) in [5.41, 5.74) is 7.03. The number of benzene rings is 3. The average molecular weight is 513 g/mol. The quantitative estimate of drug-likeness (QED) is 0.191. The van der Waals surface area contributed by atoms with Gasteiger partial charge in [-0.2, -0.15) is 0 Å². The number of hydrogen-bond donors (Lipinski definition) is 0. The fraction of sp³-hybridized carbons (Fsp3) is 0.312. The van der Waals surface area contributed by atoms with Crippen molar-refractivity contribution in [1.29, 1.82) is 0 Å². The molecule has 5 heteroatoms. The molecule has 192 valence electrons. The Bertz CT molecular complexity index is 1280. The molecule has 0 aliphatic carbocycles. The van der Waals surface area contributed by atoms with Crippen molar-refractivity contribution in [2.24, 2.45) is 5.92 Å². The Kier molecular flexibility index (Phi) is 9.13. The Morgan fingerprint density at radius 1 is 0.919 bits per heavy atom. The highest BCUT2D eigenvalue weighted by molar-refractivity contribution is 7.16. The van der Waals surface area contributed by atoms with Crippen LogP contribution in [0.25, 0.3) is 22.4 Å². The third-order valence-corrected chi connectivity index (χ3v) is 7.34. The number of ether oxygens (including phenoxy) is 1. The summed E-state index contributed by atoms with van der Waals surface area (Å²) in [6.07, 6.45) is 1.30. The number of esters is 1. The molecule has 0 unspecified atom stereocenters. The van der Waals surface area contributed by atoms with E-state index in [1.807, 2.05) is 25.1 Å². The highest BCUT2D eigenvalue weighted by Crippen LogP contribution is 2.36. The van der Waals surface area contributed by atoms with Gasteiger partial charge in [-0.25, -0.2) is 4.98 Å². The van der Waals surface area contributed by atoms with Gasteiger partial charge in [-0.1, -0.05) is 98.3 Å². The van der Waals surface area contributed by atoms with Gasteiger partial charge < -0.3 is 9.64 Å². The minimum Gasteiger partial charge on any atom is -0.466 e. The zero-order valence-corrected chi connectivity index (χ0v) is 23.1. The standard InChI is InChI=1S/C32H36N2O2S/c1-5-36-30(35)19-20-34(22-25-9-7-6-8-10-25)32-33-31(29(37-32)21-23(2)3)28-17-15-27(16-18-28)26-13-11-24(4)12-14-26/h6-18,23H,5,19-22H2,1-4H3. The van der Waals surface area contributed by atoms with Crippen molar-refractivity contribution in [3.8, 4) is 22.4 Å². The Morgan fingerprint density at radius 2 is 1.54 bits per heavy atom. The van der Waals surface area contributed by atoms with Gasteiger partial charge in [0.25, 0.3) is 0 Å². The van der Waals surface area contributed by atoms with Crippen molar-refractivity contribution in [3.63, 3.8) is 0 Å². The molecule has 0 bridgehead atoms. The molecule has 0 radical (unpaired) electrons. The van der Waals surface area contributed by atoms with Crippen LogP contribution in [0, 0.1) is 12.8 Å². The first-order valence-corrected chi connectivity index (χ1v) is 13.9. The van der Waals surface area contributed by atoms with E-state index >= 15 is 0 Å². The molecule has 37 heavy (non-hydrogen) atoms. The predicted molar refractivity (Wildman–Crippen MR) is 155 cm³/mol. The fourth-order valence-electron chi connectivity index (χ4n) is 4.28. The molecule has 0 amide bonds. The topological polar surface area (TPSA) is 42.4 Å². The molecule has 4 nitrogen and oxygen atoms in total. The zero-order valence-electron chi connectivity index (χ0n) is 22.2. The normalized spacial score (nSPS) is 11.1. The summed E-state index contributed by atoms with van der Waals surface area (Å²) in [6.45, 7) is 10.1. The van der Waals surface area contributed by atoms with E-state index in [0.29, 0.717) is 32.0 Å². The Morgan fingerprint density at radius 3 is 2.16 bits per heavy atom. The predicted octanol–water partition coefficient (Wildman–Crippen LogP) is 7.94. The van der Waals surface area contributed by atoms with Gasteiger partial charge >= 0.3 is 5.97 Å². The van der Waals surface area contributed by atoms with E-state index in [1.165, 1.54) is 27.1 Å². The van der Waals surface area contributed by atoms with Crippen LogP contribution in [0.4, 0.5) is 5.13 Å². The van der Waals surface area contributed by atoms with E-state index < -0.39 is 0 Å². The molecular weight excluding hydrogens is 476 g/mol. The van der Waals surface area contributed by atoms with Crippen LogP contribution < -0.4 is 4.90 Å². The van der Waals surface area contributed by atoms with Gasteiger partial charge in [0, 0.05) is 23.5 Å². The molecular formula is C32H36N2O2S. The fourth-order valence-corrected chi connectivity index (χ4v) is 5.60. The lowest BCUT2D eigenvalue weighted by atomic mass is 10.0. The maximum absolute atomic E-state index is 12.2. The van der Waals surface area contributed by atoms with Crippen molar-refractivity contribution in [1.82, 2.24) is 4.98 Å². The van der Waals surface area contributed by atoms with E-state index in [9.17, 15) is 4.79 Å². The van der Waals surface area contributed by atoms with Gasteiger partial charge in [-0.15, -0.1) is 11.3 Å². The number of aromatic nitrogens is 1. The lowest BCUT2D eigenvalue weighted by Gasteiger charge is -2.21. The molecule has 0 spiro atoms. The number of hydrogen-bond acceptors (Lipinski definition) is 5. The van der Waals surface area contributed by atoms with Crippen LogP contribution in [-0.2, 0) is 22.5 Å². The molecule has 0 N–H and O–H groups in total. The van der Waals surface area contributed by atoms with Crippen molar-refractivity contribution >= 4 is 22.4 Å². The number of anilines is 1. The van der Waals surface area contributed by atoms with Gasteiger partial charge in [-0.05, 0) is 42.9 Å². The maximum Gasteiger partial charge on any atom is 0.307 e. The molecule has 0 atom stereocenters. The summed E-state index contributed by atoms with van der Waals surface area (Å²) in [7, 11) is 0. The largest absolute Gasteiger partial charge is 0.466 e. The first kappa shape index (κ1) is 26.6. The Hall–Kier alpha value is -3.44. The van der Waals surface area contributed by atoms with E-state index in [-0.39, 0.29) is 5.97 Å². The second kappa shape index (κ2) is 12.7. The minimum atomic E-state index is -0.175. The van der Waals surface area contributed by atoms with E-state index in [0.717, 1.165) is 22.8 Å². The molecule has 0 aliphatic heterocycles. The molecule has 0 saturated heterocycles. The van der Waals surface area contributed by atoms with Gasteiger partial charge in [0.1, 0.15) is 0 Å². The van der Waals surface area contributed by atoms with Crippen molar-refractivity contribution < 1.29 is 9.53 Å². The minimum absolute atomic E-state index is 0.175. The average Bonchev–Trinajstić information content (AvgIpc) is 3.31. The lowest BCUT2D eigenvalue weighted by Crippen LogP contribution is -2.26. The van der Waals surface area contributed by atoms with Gasteiger partial charge in [0.2, 0.25) is 0 Å². The molecule has 0 aliphatic rings. The van der Waals surface area contributed by atoms with E-state index in [4.69, 9.17) is 9.72 Å². The number of carbonyl (C=O) groups is 1. The van der Waals surface area contributed by atoms with Crippen molar-refractivity contribution in [2.75, 3.05) is 18.1 Å². The summed E-state index contributed by atoms with van der Waals surface area (Å²) < 4.78 is 5.20. The number of thiazole rings is 1. The zero-order chi connectivity index (χ0) is 26.2. The highest BCUT2D eigenvalue weighted by atomic mass is 32.1. The third kappa shape index (κ3) is 7.30. The second-order valence-electron chi connectivity index (χ2n) is 9.77. The van der Waals surface area contributed by atoms with Crippen LogP contribution in [0.2, 0.25) is 0 Å². The SMILES string of the molecule is CCOC(=O)CCN(Cc1ccccc1)c1nc(-c2ccc(-c3ccc(C)cc3)cc2)c(CC(C)C)s1. The van der Waals surface area contributed by atoms with Crippen molar-refractivity contribution in [3.05, 3.63) is 94.9 Å². The van der Waals surface area contributed by atoms with E-state index in [1.54, 1.807) is 11.3 Å². The van der Waals surface area contributed by atoms with Crippen LogP contribution in [0.3, 0.4) is 0 Å². The van der Waals surface area contributed by atoms with Crippen LogP contribution in [0.5, 0.6) is 0 Å². The summed E-state index contributed by atoms with van der Waals surface area (Å²) in [4.78, 5) is 20.8. The number of rotatable bonds is 11. The molecule has 3 aromatic carbocycles. The number of nitrogens with zero attached hydrogens (tertiary/aromatic N) is 2. The third-order valence-electron chi connectivity index (χ3n) is 6.20. The molecule has 1 heterocycles. The van der Waals surface area contributed by atoms with Crippen LogP contribution in [0.1, 0.15) is 43.2 Å². The summed E-state index contributed by atoms with van der Waals surface area (Å²) in [5.74, 6) is 0.340. The first-order chi connectivity index (χ1) is 17.9. The smallest absolute Gasteiger partial charge is 0.307 e. The first-order valence-electron chi connectivity index (χ1n) is 13.0. The Labute approximate surface area is 225 Å². The highest BCUT2D eigenvalue weighted by Gasteiger charge is 2.20. The number of carbonyl (C=O) groups excluding carboxylic acids is 1. The lowest BCUT2D eigenvalue weighted by molar-refractivity contribution is -0.142. The Balaban J connectivity index is 1.65. The summed E-state index contributed by atoms with van der Waals surface area (Å²) >= 11 is 1.74. The van der Waals surface area contributed by atoms with Crippen LogP contribution in [-0.4, -0.2) is 24.1 Å². The molecule has 4 rings (SSSR count). The summed E-state index contributed by atoms with van der Waals surface area (Å²) in [5, 5.41) is 0.946. The monoisotopic (exact) mass is 512 g/mol. The van der Waals surface area contributed by atoms with Crippen LogP contribution >= 0.6 is 11.3 Å². The summed E-state index contributed by atoms with van der Waals surface area (Å²) in [6, 6.07) is 27.7. The molecule has 1 aromatic heterocycles. The van der Waals surface area contributed by atoms with Gasteiger partial charge in [0.05, 0.1) is 18.7 Å². The maximum atomic E-state index is 12.2. The number of aryl methyl sites for hydroxylation is 1. The molecule has 0 saturated carbocycles. The van der Waals surface area contributed by atoms with Crippen molar-refractivity contribution in [2.45, 2.75) is 47.1 Å². The van der Waals surface area contributed by atoms with Gasteiger partial charge in [0.15, 0.2) is 5.13 Å². The van der Waals surface area contributed by atoms with E-state index in [2.05, 4.69) is 86.3 Å². The molecule has 0 fully saturated rings. The molecule has 4 aromatic rings. The van der Waals surface area contributed by atoms with Crippen LogP contribution in [0.15, 0.2) is 78.9 Å². The van der Waals surface area contributed by atoms with Gasteiger partial charge in [-0.3, -0.25) is 4.79 Å². The second-order valence-corrected chi connectivity index (χ2v) is 10.8.